The van der Waals surface area contributed by atoms with E-state index in [0.29, 0.717) is 13.0 Å². The molecule has 2 heteroatoms. The van der Waals surface area contributed by atoms with E-state index in [2.05, 4.69) is 17.2 Å². The first-order valence-electron chi connectivity index (χ1n) is 6.69. The smallest absolute Gasteiger partial charge is 0.221 e. The monoisotopic (exact) mass is 263 g/mol. The Balaban J connectivity index is 1.70. The zero-order valence-corrected chi connectivity index (χ0v) is 11.3. The van der Waals surface area contributed by atoms with Gasteiger partial charge in [-0.1, -0.05) is 60.4 Å². The van der Waals surface area contributed by atoms with Crippen LogP contribution in [-0.4, -0.2) is 12.5 Å². The van der Waals surface area contributed by atoms with Crippen LogP contribution < -0.4 is 5.32 Å². The van der Waals surface area contributed by atoms with Crippen LogP contribution in [0.3, 0.4) is 0 Å². The highest BCUT2D eigenvalue weighted by Crippen LogP contribution is 2.01. The SMILES string of the molecule is O=C(CCc1ccccc1)NCC#Cc1ccccc1. The summed E-state index contributed by atoms with van der Waals surface area (Å²) in [5.41, 5.74) is 2.14. The topological polar surface area (TPSA) is 29.1 Å². The molecule has 1 N–H and O–H groups in total. The minimum Gasteiger partial charge on any atom is -0.345 e. The summed E-state index contributed by atoms with van der Waals surface area (Å²) in [6, 6.07) is 19.8. The van der Waals surface area contributed by atoms with Gasteiger partial charge in [0.2, 0.25) is 5.91 Å². The second-order valence-corrected chi connectivity index (χ2v) is 4.43. The zero-order chi connectivity index (χ0) is 14.0. The van der Waals surface area contributed by atoms with E-state index in [1.165, 1.54) is 5.56 Å². The maximum Gasteiger partial charge on any atom is 0.221 e. The van der Waals surface area contributed by atoms with E-state index in [1.807, 2.05) is 60.7 Å². The number of hydrogen-bond acceptors (Lipinski definition) is 1. The number of carbonyl (C=O) groups is 1. The summed E-state index contributed by atoms with van der Waals surface area (Å²) in [6.45, 7) is 0.391. The Kier molecular flexibility index (Phi) is 5.42. The van der Waals surface area contributed by atoms with Crippen LogP contribution in [-0.2, 0) is 11.2 Å². The zero-order valence-electron chi connectivity index (χ0n) is 11.3. The molecule has 0 radical (unpaired) electrons. The number of nitrogens with one attached hydrogen (secondary N) is 1. The molecule has 0 heterocycles. The maximum absolute atomic E-state index is 11.6. The Bertz CT molecular complexity index is 594. The molecule has 20 heavy (non-hydrogen) atoms. The lowest BCUT2D eigenvalue weighted by Gasteiger charge is -2.01. The number of carbonyl (C=O) groups excluding carboxylic acids is 1. The first-order chi connectivity index (χ1) is 9.84. The van der Waals surface area contributed by atoms with E-state index in [1.54, 1.807) is 0 Å². The van der Waals surface area contributed by atoms with E-state index >= 15 is 0 Å². The van der Waals surface area contributed by atoms with Gasteiger partial charge in [0.15, 0.2) is 0 Å². The predicted octanol–water partition coefficient (Wildman–Crippen LogP) is 2.79. The van der Waals surface area contributed by atoms with Crippen molar-refractivity contribution in [3.8, 4) is 11.8 Å². The molecule has 0 atom stereocenters. The number of amides is 1. The fourth-order valence-corrected chi connectivity index (χ4v) is 1.80. The fourth-order valence-electron chi connectivity index (χ4n) is 1.80. The van der Waals surface area contributed by atoms with Crippen molar-refractivity contribution in [2.24, 2.45) is 0 Å². The minimum absolute atomic E-state index is 0.0382. The Morgan fingerprint density at radius 3 is 2.30 bits per heavy atom. The average Bonchev–Trinajstić information content (AvgIpc) is 2.52. The van der Waals surface area contributed by atoms with E-state index in [9.17, 15) is 4.79 Å². The van der Waals surface area contributed by atoms with Crippen molar-refractivity contribution in [3.63, 3.8) is 0 Å². The fraction of sp³-hybridized carbons (Fsp3) is 0.167. The molecule has 2 aromatic rings. The van der Waals surface area contributed by atoms with Gasteiger partial charge in [-0.2, -0.15) is 0 Å². The third-order valence-electron chi connectivity index (χ3n) is 2.86. The molecule has 0 aliphatic carbocycles. The van der Waals surface area contributed by atoms with E-state index in [4.69, 9.17) is 0 Å². The van der Waals surface area contributed by atoms with Crippen molar-refractivity contribution < 1.29 is 4.79 Å². The van der Waals surface area contributed by atoms with Gasteiger partial charge in [0.25, 0.3) is 0 Å². The van der Waals surface area contributed by atoms with E-state index < -0.39 is 0 Å². The number of aryl methyl sites for hydroxylation is 1. The normalized spacial score (nSPS) is 9.40. The molecule has 0 unspecified atom stereocenters. The lowest BCUT2D eigenvalue weighted by Crippen LogP contribution is -2.23. The molecule has 0 aliphatic heterocycles. The number of hydrogen-bond donors (Lipinski definition) is 1. The van der Waals surface area contributed by atoms with Crippen LogP contribution in [0.1, 0.15) is 17.5 Å². The summed E-state index contributed by atoms with van der Waals surface area (Å²) in [7, 11) is 0. The molecule has 2 nitrogen and oxygen atoms in total. The van der Waals surface area contributed by atoms with Crippen LogP contribution in [0.15, 0.2) is 60.7 Å². The van der Waals surface area contributed by atoms with Gasteiger partial charge in [-0.05, 0) is 24.1 Å². The highest BCUT2D eigenvalue weighted by molar-refractivity contribution is 5.76. The minimum atomic E-state index is 0.0382. The average molecular weight is 263 g/mol. The molecule has 0 spiro atoms. The van der Waals surface area contributed by atoms with Crippen LogP contribution in [0.25, 0.3) is 0 Å². The quantitative estimate of drug-likeness (QED) is 0.844. The first-order valence-corrected chi connectivity index (χ1v) is 6.69. The van der Waals surface area contributed by atoms with Crippen LogP contribution >= 0.6 is 0 Å². The van der Waals surface area contributed by atoms with Crippen molar-refractivity contribution in [2.75, 3.05) is 6.54 Å². The third-order valence-corrected chi connectivity index (χ3v) is 2.86. The molecule has 100 valence electrons. The highest BCUT2D eigenvalue weighted by atomic mass is 16.1. The Morgan fingerprint density at radius 1 is 0.950 bits per heavy atom. The Labute approximate surface area is 119 Å². The van der Waals surface area contributed by atoms with E-state index in [0.717, 1.165) is 12.0 Å². The molecular formula is C18H17NO. The highest BCUT2D eigenvalue weighted by Gasteiger charge is 1.99. The van der Waals surface area contributed by atoms with Crippen molar-refractivity contribution >= 4 is 5.91 Å². The largest absolute Gasteiger partial charge is 0.345 e. The molecule has 0 bridgehead atoms. The van der Waals surface area contributed by atoms with Crippen molar-refractivity contribution in [2.45, 2.75) is 12.8 Å². The molecule has 0 aromatic heterocycles. The van der Waals surface area contributed by atoms with Gasteiger partial charge >= 0.3 is 0 Å². The summed E-state index contributed by atoms with van der Waals surface area (Å²) >= 11 is 0. The van der Waals surface area contributed by atoms with Crippen molar-refractivity contribution in [3.05, 3.63) is 71.8 Å². The number of benzene rings is 2. The van der Waals surface area contributed by atoms with Gasteiger partial charge in [0.1, 0.15) is 0 Å². The van der Waals surface area contributed by atoms with Crippen molar-refractivity contribution in [1.82, 2.24) is 5.32 Å². The molecule has 0 aliphatic rings. The lowest BCUT2D eigenvalue weighted by atomic mass is 10.1. The van der Waals surface area contributed by atoms with Crippen LogP contribution in [0.5, 0.6) is 0 Å². The van der Waals surface area contributed by atoms with Gasteiger partial charge in [0, 0.05) is 12.0 Å². The standard InChI is InChI=1S/C18H17NO/c20-18(14-13-17-10-5-2-6-11-17)19-15-7-12-16-8-3-1-4-9-16/h1-6,8-11H,13-15H2,(H,19,20). The van der Waals surface area contributed by atoms with Gasteiger partial charge in [-0.3, -0.25) is 4.79 Å². The van der Waals surface area contributed by atoms with Gasteiger partial charge in [-0.25, -0.2) is 0 Å². The lowest BCUT2D eigenvalue weighted by molar-refractivity contribution is -0.120. The molecule has 0 saturated heterocycles. The predicted molar refractivity (Wildman–Crippen MR) is 81.1 cm³/mol. The molecule has 0 saturated carbocycles. The summed E-state index contributed by atoms with van der Waals surface area (Å²) in [6.07, 6.45) is 1.26. The Hall–Kier alpha value is -2.53. The van der Waals surface area contributed by atoms with Crippen LogP contribution in [0.2, 0.25) is 0 Å². The molecule has 1 amide bonds. The van der Waals surface area contributed by atoms with Gasteiger partial charge in [-0.15, -0.1) is 0 Å². The van der Waals surface area contributed by atoms with Crippen molar-refractivity contribution in [1.29, 1.82) is 0 Å². The summed E-state index contributed by atoms with van der Waals surface area (Å²) < 4.78 is 0. The third kappa shape index (κ3) is 4.99. The second-order valence-electron chi connectivity index (χ2n) is 4.43. The number of rotatable bonds is 4. The van der Waals surface area contributed by atoms with Gasteiger partial charge in [0.05, 0.1) is 6.54 Å². The van der Waals surface area contributed by atoms with E-state index in [-0.39, 0.29) is 5.91 Å². The molecule has 2 aromatic carbocycles. The summed E-state index contributed by atoms with van der Waals surface area (Å²) in [4.78, 5) is 11.6. The molecule has 2 rings (SSSR count). The summed E-state index contributed by atoms with van der Waals surface area (Å²) in [5, 5.41) is 2.81. The maximum atomic E-state index is 11.6. The second kappa shape index (κ2) is 7.81. The molecular weight excluding hydrogens is 246 g/mol. The van der Waals surface area contributed by atoms with Crippen LogP contribution in [0.4, 0.5) is 0 Å². The molecule has 0 fully saturated rings. The van der Waals surface area contributed by atoms with Crippen LogP contribution in [0, 0.1) is 11.8 Å². The van der Waals surface area contributed by atoms with Gasteiger partial charge < -0.3 is 5.32 Å². The Morgan fingerprint density at radius 2 is 1.60 bits per heavy atom. The summed E-state index contributed by atoms with van der Waals surface area (Å²) in [5.74, 6) is 6.00. The first kappa shape index (κ1) is 13.9.